The van der Waals surface area contributed by atoms with Gasteiger partial charge in [-0.3, -0.25) is 0 Å². The fourth-order valence-electron chi connectivity index (χ4n) is 2.19. The van der Waals surface area contributed by atoms with E-state index in [-0.39, 0.29) is 10.6 Å². The van der Waals surface area contributed by atoms with Crippen LogP contribution in [-0.2, 0) is 0 Å². The predicted molar refractivity (Wildman–Crippen MR) is 78.4 cm³/mol. The summed E-state index contributed by atoms with van der Waals surface area (Å²) in [7, 11) is 0. The molecule has 1 heterocycles. The molecule has 0 amide bonds. The number of halogens is 1. The minimum atomic E-state index is -1.05. The third-order valence-electron chi connectivity index (χ3n) is 3.22. The van der Waals surface area contributed by atoms with Crippen molar-refractivity contribution in [3.8, 4) is 11.3 Å². The van der Waals surface area contributed by atoms with E-state index < -0.39 is 5.97 Å². The molecule has 0 saturated carbocycles. The Kier molecular flexibility index (Phi) is 2.99. The highest BCUT2D eigenvalue weighted by atomic mass is 35.5. The lowest BCUT2D eigenvalue weighted by atomic mass is 10.1. The molecule has 4 heteroatoms. The van der Waals surface area contributed by atoms with Gasteiger partial charge in [-0.25, -0.2) is 4.79 Å². The Bertz CT molecular complexity index is 818. The minimum absolute atomic E-state index is 0.0707. The topological polar surface area (TPSA) is 50.4 Å². The van der Waals surface area contributed by atoms with Gasteiger partial charge in [0.15, 0.2) is 0 Å². The van der Waals surface area contributed by atoms with Crippen LogP contribution in [0.3, 0.4) is 0 Å². The normalized spacial score (nSPS) is 10.9. The first-order valence-corrected chi connectivity index (χ1v) is 6.46. The summed E-state index contributed by atoms with van der Waals surface area (Å²) in [5, 5.41) is 10.3. The summed E-state index contributed by atoms with van der Waals surface area (Å²) in [6.07, 6.45) is 0. The average molecular weight is 287 g/mol. The number of aryl methyl sites for hydroxylation is 1. The van der Waals surface area contributed by atoms with Gasteiger partial charge in [0.05, 0.1) is 10.6 Å². The molecule has 0 aliphatic rings. The van der Waals surface area contributed by atoms with E-state index in [1.807, 2.05) is 31.2 Å². The van der Waals surface area contributed by atoms with Crippen LogP contribution in [0.25, 0.3) is 22.3 Å². The molecular formula is C16H11ClO3. The molecule has 0 bridgehead atoms. The number of para-hydroxylation sites is 1. The van der Waals surface area contributed by atoms with Gasteiger partial charge in [0.1, 0.15) is 11.3 Å². The molecule has 0 aliphatic heterocycles. The van der Waals surface area contributed by atoms with Gasteiger partial charge in [-0.2, -0.15) is 0 Å². The van der Waals surface area contributed by atoms with Crippen molar-refractivity contribution in [1.82, 2.24) is 0 Å². The third-order valence-corrected chi connectivity index (χ3v) is 3.55. The van der Waals surface area contributed by atoms with Crippen molar-refractivity contribution in [2.45, 2.75) is 6.92 Å². The predicted octanol–water partition coefficient (Wildman–Crippen LogP) is 4.76. The molecule has 3 rings (SSSR count). The van der Waals surface area contributed by atoms with E-state index in [1.165, 1.54) is 6.07 Å². The van der Waals surface area contributed by atoms with Crippen molar-refractivity contribution >= 4 is 28.5 Å². The highest BCUT2D eigenvalue weighted by molar-refractivity contribution is 6.33. The summed E-state index contributed by atoms with van der Waals surface area (Å²) in [5.41, 5.74) is 2.62. The summed E-state index contributed by atoms with van der Waals surface area (Å²) in [6, 6.07) is 12.6. The number of carboxylic acids is 1. The van der Waals surface area contributed by atoms with E-state index in [2.05, 4.69) is 0 Å². The highest BCUT2D eigenvalue weighted by Gasteiger charge is 2.13. The van der Waals surface area contributed by atoms with Gasteiger partial charge in [-0.05, 0) is 36.8 Å². The fourth-order valence-corrected chi connectivity index (χ4v) is 2.39. The van der Waals surface area contributed by atoms with Gasteiger partial charge in [0.2, 0.25) is 0 Å². The summed E-state index contributed by atoms with van der Waals surface area (Å²) < 4.78 is 5.82. The Labute approximate surface area is 120 Å². The third kappa shape index (κ3) is 2.06. The lowest BCUT2D eigenvalue weighted by molar-refractivity contribution is 0.0697. The van der Waals surface area contributed by atoms with Crippen molar-refractivity contribution in [1.29, 1.82) is 0 Å². The second kappa shape index (κ2) is 4.69. The summed E-state index contributed by atoms with van der Waals surface area (Å²) >= 11 is 5.87. The molecular weight excluding hydrogens is 276 g/mol. The van der Waals surface area contributed by atoms with E-state index in [0.29, 0.717) is 11.3 Å². The van der Waals surface area contributed by atoms with Crippen LogP contribution in [0.1, 0.15) is 15.9 Å². The van der Waals surface area contributed by atoms with E-state index in [9.17, 15) is 4.79 Å². The van der Waals surface area contributed by atoms with Gasteiger partial charge in [-0.1, -0.05) is 29.8 Å². The van der Waals surface area contributed by atoms with Crippen molar-refractivity contribution in [3.05, 3.63) is 58.6 Å². The quantitative estimate of drug-likeness (QED) is 0.739. The molecule has 3 aromatic rings. The summed E-state index contributed by atoms with van der Waals surface area (Å²) in [6.45, 7) is 1.97. The van der Waals surface area contributed by atoms with E-state index in [1.54, 1.807) is 12.1 Å². The zero-order valence-electron chi connectivity index (χ0n) is 10.7. The van der Waals surface area contributed by atoms with E-state index >= 15 is 0 Å². The fraction of sp³-hybridized carbons (Fsp3) is 0.0625. The molecule has 1 N–H and O–H groups in total. The molecule has 2 aromatic carbocycles. The number of carbonyl (C=O) groups is 1. The maximum atomic E-state index is 11.1. The van der Waals surface area contributed by atoms with Crippen molar-refractivity contribution in [2.24, 2.45) is 0 Å². The van der Waals surface area contributed by atoms with Gasteiger partial charge in [0, 0.05) is 10.9 Å². The number of furan rings is 1. The monoisotopic (exact) mass is 286 g/mol. The molecule has 0 saturated heterocycles. The van der Waals surface area contributed by atoms with Crippen LogP contribution in [0.5, 0.6) is 0 Å². The molecule has 0 radical (unpaired) electrons. The molecule has 100 valence electrons. The lowest BCUT2D eigenvalue weighted by Gasteiger charge is -2.01. The average Bonchev–Trinajstić information content (AvgIpc) is 2.84. The summed E-state index contributed by atoms with van der Waals surface area (Å²) in [5.74, 6) is -0.419. The van der Waals surface area contributed by atoms with Crippen LogP contribution in [-0.4, -0.2) is 11.1 Å². The molecule has 0 atom stereocenters. The number of aromatic carboxylic acids is 1. The number of benzene rings is 2. The van der Waals surface area contributed by atoms with E-state index in [4.69, 9.17) is 21.1 Å². The minimum Gasteiger partial charge on any atom is -0.478 e. The van der Waals surface area contributed by atoms with Crippen molar-refractivity contribution in [2.75, 3.05) is 0 Å². The smallest absolute Gasteiger partial charge is 0.337 e. The van der Waals surface area contributed by atoms with Gasteiger partial charge in [0.25, 0.3) is 0 Å². The van der Waals surface area contributed by atoms with Crippen LogP contribution < -0.4 is 0 Å². The Morgan fingerprint density at radius 3 is 2.70 bits per heavy atom. The maximum Gasteiger partial charge on any atom is 0.337 e. The zero-order chi connectivity index (χ0) is 14.3. The molecule has 20 heavy (non-hydrogen) atoms. The van der Waals surface area contributed by atoms with Crippen LogP contribution in [0, 0.1) is 6.92 Å². The van der Waals surface area contributed by atoms with Gasteiger partial charge >= 0.3 is 5.97 Å². The summed E-state index contributed by atoms with van der Waals surface area (Å²) in [4.78, 5) is 11.1. The number of fused-ring (bicyclic) bond motifs is 1. The van der Waals surface area contributed by atoms with Gasteiger partial charge < -0.3 is 9.52 Å². The zero-order valence-corrected chi connectivity index (χ0v) is 11.4. The van der Waals surface area contributed by atoms with Crippen LogP contribution in [0.15, 0.2) is 46.9 Å². The molecule has 0 fully saturated rings. The van der Waals surface area contributed by atoms with Crippen LogP contribution in [0.2, 0.25) is 5.02 Å². The van der Waals surface area contributed by atoms with Crippen LogP contribution >= 0.6 is 11.6 Å². The Morgan fingerprint density at radius 2 is 2.00 bits per heavy atom. The Morgan fingerprint density at radius 1 is 1.20 bits per heavy atom. The van der Waals surface area contributed by atoms with E-state index in [0.717, 1.165) is 16.5 Å². The first-order chi connectivity index (χ1) is 9.56. The molecule has 0 aliphatic carbocycles. The molecule has 0 unspecified atom stereocenters. The number of hydrogen-bond donors (Lipinski definition) is 1. The van der Waals surface area contributed by atoms with Gasteiger partial charge in [-0.15, -0.1) is 0 Å². The standard InChI is InChI=1S/C16H11ClO3/c1-9-3-2-4-11-8-14(20-15(9)11)10-5-6-13(17)12(7-10)16(18)19/h2-8H,1H3,(H,18,19). The first kappa shape index (κ1) is 12.8. The largest absolute Gasteiger partial charge is 0.478 e. The molecule has 3 nitrogen and oxygen atoms in total. The Balaban J connectivity index is 2.18. The molecule has 1 aromatic heterocycles. The SMILES string of the molecule is Cc1cccc2cc(-c3ccc(Cl)c(C(=O)O)c3)oc12. The molecule has 0 spiro atoms. The van der Waals surface area contributed by atoms with Crippen molar-refractivity contribution < 1.29 is 14.3 Å². The number of carboxylic acid groups (broad SMARTS) is 1. The Hall–Kier alpha value is -2.26. The highest BCUT2D eigenvalue weighted by Crippen LogP contribution is 2.31. The number of rotatable bonds is 2. The maximum absolute atomic E-state index is 11.1. The number of hydrogen-bond acceptors (Lipinski definition) is 2. The lowest BCUT2D eigenvalue weighted by Crippen LogP contribution is -1.97. The second-order valence-electron chi connectivity index (χ2n) is 4.60. The van der Waals surface area contributed by atoms with Crippen molar-refractivity contribution in [3.63, 3.8) is 0 Å². The first-order valence-electron chi connectivity index (χ1n) is 6.08. The van der Waals surface area contributed by atoms with Crippen LogP contribution in [0.4, 0.5) is 0 Å². The second-order valence-corrected chi connectivity index (χ2v) is 5.01.